The van der Waals surface area contributed by atoms with Crippen LogP contribution in [0.5, 0.6) is 0 Å². The molecule has 3 aromatic carbocycles. The van der Waals surface area contributed by atoms with Gasteiger partial charge in [-0.2, -0.15) is 0 Å². The number of amides is 1. The van der Waals surface area contributed by atoms with E-state index < -0.39 is 0 Å². The molecule has 0 heterocycles. The van der Waals surface area contributed by atoms with Crippen molar-refractivity contribution in [3.63, 3.8) is 0 Å². The summed E-state index contributed by atoms with van der Waals surface area (Å²) >= 11 is 0. The van der Waals surface area contributed by atoms with Gasteiger partial charge in [0.25, 0.3) is 0 Å². The zero-order valence-corrected chi connectivity index (χ0v) is 14.8. The lowest BCUT2D eigenvalue weighted by atomic mass is 10.0. The number of unbranched alkanes of at least 4 members (excludes halogenated alkanes) is 1. The molecule has 0 atom stereocenters. The Morgan fingerprint density at radius 1 is 0.880 bits per heavy atom. The Bertz CT molecular complexity index is 831. The number of benzene rings is 3. The number of nitrogens with one attached hydrogen (secondary N) is 1. The van der Waals surface area contributed by atoms with Gasteiger partial charge in [-0.3, -0.25) is 4.79 Å². The minimum atomic E-state index is 0.0641. The quantitative estimate of drug-likeness (QED) is 0.586. The van der Waals surface area contributed by atoms with Crippen molar-refractivity contribution in [2.24, 2.45) is 0 Å². The summed E-state index contributed by atoms with van der Waals surface area (Å²) in [5, 5.41) is 5.46. The zero-order chi connectivity index (χ0) is 17.5. The Morgan fingerprint density at radius 3 is 2.44 bits per heavy atom. The number of hydrogen-bond acceptors (Lipinski definition) is 1. The van der Waals surface area contributed by atoms with Gasteiger partial charge in [-0.05, 0) is 53.3 Å². The number of hydrogen-bond donors (Lipinski definition) is 1. The van der Waals surface area contributed by atoms with Gasteiger partial charge in [0.2, 0.25) is 5.91 Å². The first kappa shape index (κ1) is 17.2. The maximum atomic E-state index is 12.3. The maximum absolute atomic E-state index is 12.3. The van der Waals surface area contributed by atoms with Gasteiger partial charge in [0, 0.05) is 12.1 Å². The van der Waals surface area contributed by atoms with Crippen LogP contribution in [-0.4, -0.2) is 5.91 Å². The fourth-order valence-corrected chi connectivity index (χ4v) is 3.12. The molecule has 0 aliphatic carbocycles. The molecular weight excluding hydrogens is 306 g/mol. The van der Waals surface area contributed by atoms with Crippen LogP contribution in [0.1, 0.15) is 37.3 Å². The summed E-state index contributed by atoms with van der Waals surface area (Å²) in [4.78, 5) is 12.3. The summed E-state index contributed by atoms with van der Waals surface area (Å²) in [6.45, 7) is 2.20. The minimum Gasteiger partial charge on any atom is -0.326 e. The number of carbonyl (C=O) groups excluding carboxylic acids is 1. The monoisotopic (exact) mass is 331 g/mol. The van der Waals surface area contributed by atoms with Crippen molar-refractivity contribution in [3.8, 4) is 0 Å². The largest absolute Gasteiger partial charge is 0.326 e. The van der Waals surface area contributed by atoms with Gasteiger partial charge in [-0.15, -0.1) is 0 Å². The Hall–Kier alpha value is -2.61. The van der Waals surface area contributed by atoms with Crippen LogP contribution >= 0.6 is 0 Å². The molecule has 25 heavy (non-hydrogen) atoms. The fourth-order valence-electron chi connectivity index (χ4n) is 3.12. The number of carbonyl (C=O) groups is 1. The first-order valence-electron chi connectivity index (χ1n) is 9.11. The molecule has 0 saturated carbocycles. The standard InChI is InChI=1S/C23H25NO/c1-2-3-7-18-12-15-21(16-13-18)24-23(25)17-14-20-10-6-9-19-8-4-5-11-22(19)20/h4-6,8-13,15-16H,2-3,7,14,17H2,1H3,(H,24,25). The highest BCUT2D eigenvalue weighted by molar-refractivity contribution is 5.91. The SMILES string of the molecule is CCCCc1ccc(NC(=O)CCc2cccc3ccccc23)cc1. The first-order valence-corrected chi connectivity index (χ1v) is 9.11. The van der Waals surface area contributed by atoms with Crippen LogP contribution in [0.3, 0.4) is 0 Å². The lowest BCUT2D eigenvalue weighted by Crippen LogP contribution is -2.12. The van der Waals surface area contributed by atoms with Gasteiger partial charge in [0.05, 0.1) is 0 Å². The Morgan fingerprint density at radius 2 is 1.64 bits per heavy atom. The summed E-state index contributed by atoms with van der Waals surface area (Å²) in [7, 11) is 0. The van der Waals surface area contributed by atoms with Crippen LogP contribution in [0.15, 0.2) is 66.7 Å². The van der Waals surface area contributed by atoms with Crippen LogP contribution in [0.4, 0.5) is 5.69 Å². The molecule has 128 valence electrons. The molecule has 2 heteroatoms. The molecule has 3 aromatic rings. The second kappa shape index (κ2) is 8.48. The van der Waals surface area contributed by atoms with Crippen molar-refractivity contribution >= 4 is 22.4 Å². The van der Waals surface area contributed by atoms with E-state index in [4.69, 9.17) is 0 Å². The van der Waals surface area contributed by atoms with Crippen LogP contribution < -0.4 is 5.32 Å². The third-order valence-corrected chi connectivity index (χ3v) is 4.56. The van der Waals surface area contributed by atoms with Crippen LogP contribution in [0, 0.1) is 0 Å². The predicted molar refractivity (Wildman–Crippen MR) is 106 cm³/mol. The molecule has 0 spiro atoms. The average molecular weight is 331 g/mol. The highest BCUT2D eigenvalue weighted by Crippen LogP contribution is 2.20. The molecule has 1 N–H and O–H groups in total. The molecule has 0 fully saturated rings. The van der Waals surface area contributed by atoms with E-state index in [9.17, 15) is 4.79 Å². The van der Waals surface area contributed by atoms with Crippen molar-refractivity contribution in [2.75, 3.05) is 5.32 Å². The lowest BCUT2D eigenvalue weighted by Gasteiger charge is -2.08. The van der Waals surface area contributed by atoms with Crippen LogP contribution in [0.2, 0.25) is 0 Å². The third kappa shape index (κ3) is 4.69. The Labute approximate surface area is 149 Å². The minimum absolute atomic E-state index is 0.0641. The van der Waals surface area contributed by atoms with E-state index in [1.54, 1.807) is 0 Å². The molecule has 0 radical (unpaired) electrons. The zero-order valence-electron chi connectivity index (χ0n) is 14.8. The molecular formula is C23H25NO. The average Bonchev–Trinajstić information content (AvgIpc) is 2.66. The molecule has 0 aliphatic heterocycles. The highest BCUT2D eigenvalue weighted by atomic mass is 16.1. The number of rotatable bonds is 7. The lowest BCUT2D eigenvalue weighted by molar-refractivity contribution is -0.116. The van der Waals surface area contributed by atoms with Gasteiger partial charge in [-0.25, -0.2) is 0 Å². The van der Waals surface area contributed by atoms with Crippen LogP contribution in [0.25, 0.3) is 10.8 Å². The number of anilines is 1. The third-order valence-electron chi connectivity index (χ3n) is 4.56. The van der Waals surface area contributed by atoms with E-state index in [2.05, 4.69) is 54.7 Å². The van der Waals surface area contributed by atoms with Gasteiger partial charge >= 0.3 is 0 Å². The number of aryl methyl sites for hydroxylation is 2. The smallest absolute Gasteiger partial charge is 0.224 e. The van der Waals surface area contributed by atoms with Crippen molar-refractivity contribution in [2.45, 2.75) is 39.0 Å². The molecule has 3 rings (SSSR count). The van der Waals surface area contributed by atoms with Crippen LogP contribution in [-0.2, 0) is 17.6 Å². The second-order valence-electron chi connectivity index (χ2n) is 6.49. The van der Waals surface area contributed by atoms with Crippen molar-refractivity contribution < 1.29 is 4.79 Å². The van der Waals surface area contributed by atoms with Crippen molar-refractivity contribution in [1.82, 2.24) is 0 Å². The van der Waals surface area contributed by atoms with E-state index in [1.807, 2.05) is 24.3 Å². The van der Waals surface area contributed by atoms with Gasteiger partial charge in [0.1, 0.15) is 0 Å². The Kier molecular flexibility index (Phi) is 5.84. The van der Waals surface area contributed by atoms with Crippen molar-refractivity contribution in [3.05, 3.63) is 77.9 Å². The van der Waals surface area contributed by atoms with Gasteiger partial charge in [-0.1, -0.05) is 67.9 Å². The molecule has 0 unspecified atom stereocenters. The summed E-state index contributed by atoms with van der Waals surface area (Å²) in [5.41, 5.74) is 3.43. The van der Waals surface area contributed by atoms with E-state index in [-0.39, 0.29) is 5.91 Å². The fraction of sp³-hybridized carbons (Fsp3) is 0.261. The topological polar surface area (TPSA) is 29.1 Å². The molecule has 0 bridgehead atoms. The first-order chi connectivity index (χ1) is 12.3. The van der Waals surface area contributed by atoms with Gasteiger partial charge in [0.15, 0.2) is 0 Å². The van der Waals surface area contributed by atoms with E-state index in [1.165, 1.54) is 34.7 Å². The molecule has 0 aromatic heterocycles. The van der Waals surface area contributed by atoms with E-state index in [0.717, 1.165) is 18.5 Å². The molecule has 0 saturated heterocycles. The summed E-state index contributed by atoms with van der Waals surface area (Å²) in [6.07, 6.45) is 4.75. The normalized spacial score (nSPS) is 10.8. The van der Waals surface area contributed by atoms with E-state index in [0.29, 0.717) is 6.42 Å². The predicted octanol–water partition coefficient (Wildman–Crippen LogP) is 5.75. The second-order valence-corrected chi connectivity index (χ2v) is 6.49. The van der Waals surface area contributed by atoms with Gasteiger partial charge < -0.3 is 5.32 Å². The summed E-state index contributed by atoms with van der Waals surface area (Å²) in [6, 6.07) is 22.8. The molecule has 1 amide bonds. The summed E-state index contributed by atoms with van der Waals surface area (Å²) < 4.78 is 0. The van der Waals surface area contributed by atoms with E-state index >= 15 is 0 Å². The summed E-state index contributed by atoms with van der Waals surface area (Å²) in [5.74, 6) is 0.0641. The number of fused-ring (bicyclic) bond motifs is 1. The maximum Gasteiger partial charge on any atom is 0.224 e. The molecule has 0 aliphatic rings. The Balaban J connectivity index is 1.57. The highest BCUT2D eigenvalue weighted by Gasteiger charge is 2.06. The van der Waals surface area contributed by atoms with Crippen molar-refractivity contribution in [1.29, 1.82) is 0 Å². The molecule has 2 nitrogen and oxygen atoms in total.